The quantitative estimate of drug-likeness (QED) is 0.330. The molecule has 1 unspecified atom stereocenters. The van der Waals surface area contributed by atoms with Crippen molar-refractivity contribution in [1.29, 1.82) is 0 Å². The Labute approximate surface area is 244 Å². The number of nitrogens with zero attached hydrogens (tertiary/aromatic N) is 4. The van der Waals surface area contributed by atoms with Crippen LogP contribution in [0.5, 0.6) is 23.0 Å². The first-order valence-corrected chi connectivity index (χ1v) is 14.0. The number of fused-ring (bicyclic) bond motifs is 4. The average Bonchev–Trinajstić information content (AvgIpc) is 3.44. The first-order chi connectivity index (χ1) is 20.2. The van der Waals surface area contributed by atoms with Gasteiger partial charge < -0.3 is 28.7 Å². The van der Waals surface area contributed by atoms with E-state index in [4.69, 9.17) is 18.9 Å². The first-order valence-electron chi connectivity index (χ1n) is 14.0. The average molecular weight is 571 g/mol. The van der Waals surface area contributed by atoms with Crippen LogP contribution in [0.1, 0.15) is 46.9 Å². The van der Waals surface area contributed by atoms with Gasteiger partial charge in [0.2, 0.25) is 0 Å². The van der Waals surface area contributed by atoms with E-state index in [9.17, 15) is 9.59 Å². The molecule has 2 aromatic rings. The van der Waals surface area contributed by atoms with Crippen molar-refractivity contribution in [1.82, 2.24) is 9.80 Å². The minimum atomic E-state index is -0.500. The summed E-state index contributed by atoms with van der Waals surface area (Å²) in [7, 11) is 3.09. The van der Waals surface area contributed by atoms with Gasteiger partial charge in [-0.25, -0.2) is 0 Å². The monoisotopic (exact) mass is 570 g/mol. The molecular formula is C32H34N4O6. The lowest BCUT2D eigenvalue weighted by atomic mass is 9.99. The number of benzene rings is 2. The summed E-state index contributed by atoms with van der Waals surface area (Å²) in [6.45, 7) is 11.8. The molecule has 4 heterocycles. The number of aliphatic imine (C=N–C) groups is 2. The summed E-state index contributed by atoms with van der Waals surface area (Å²) >= 11 is 0. The number of hydrogen-bond acceptors (Lipinski definition) is 8. The second-order valence-corrected chi connectivity index (χ2v) is 11.3. The van der Waals surface area contributed by atoms with Crippen LogP contribution >= 0.6 is 0 Å². The Morgan fingerprint density at radius 1 is 0.857 bits per heavy atom. The van der Waals surface area contributed by atoms with Gasteiger partial charge in [0.1, 0.15) is 0 Å². The van der Waals surface area contributed by atoms with Gasteiger partial charge in [0.05, 0.1) is 61.5 Å². The van der Waals surface area contributed by atoms with E-state index in [1.807, 2.05) is 13.1 Å². The Morgan fingerprint density at radius 3 is 2.12 bits per heavy atom. The number of ether oxygens (including phenoxy) is 4. The Balaban J connectivity index is 1.12. The molecule has 10 nitrogen and oxygen atoms in total. The molecule has 2 saturated heterocycles. The van der Waals surface area contributed by atoms with Gasteiger partial charge in [0.25, 0.3) is 11.8 Å². The first kappa shape index (κ1) is 27.6. The van der Waals surface area contributed by atoms with Crippen LogP contribution in [0.15, 0.2) is 58.6 Å². The number of carbonyl (C=O) groups excluding carboxylic acids is 2. The van der Waals surface area contributed by atoms with Crippen LogP contribution in [0.3, 0.4) is 0 Å². The predicted octanol–water partition coefficient (Wildman–Crippen LogP) is 4.92. The van der Waals surface area contributed by atoms with E-state index >= 15 is 0 Å². The molecule has 10 heteroatoms. The molecule has 0 radical (unpaired) electrons. The lowest BCUT2D eigenvalue weighted by molar-refractivity contribution is 0.0713. The fraction of sp³-hybridized carbons (Fsp3) is 0.375. The summed E-state index contributed by atoms with van der Waals surface area (Å²) in [4.78, 5) is 39.4. The standard InChI is InChI=1S/C32H34N4O6/c1-19-9-21-15-33-24-12-28(26(39-4)10-22(24)30(37)35(21)16-19)41-7-6-8-42-29-13-25-23(11-27(29)40-5)31(38)36-17-20(2)14-32(36,3)18-34-25/h10-13,15,18,21H,1-2,6-9,14,16-17H2,3-5H3/t21-,32?/m0/s1. The molecule has 0 aromatic heterocycles. The van der Waals surface area contributed by atoms with Gasteiger partial charge in [-0.2, -0.15) is 0 Å². The van der Waals surface area contributed by atoms with Gasteiger partial charge in [-0.05, 0) is 31.9 Å². The summed E-state index contributed by atoms with van der Waals surface area (Å²) in [6, 6.07) is 6.78. The van der Waals surface area contributed by atoms with Crippen molar-refractivity contribution >= 4 is 35.6 Å². The van der Waals surface area contributed by atoms with Crippen molar-refractivity contribution in [2.75, 3.05) is 40.5 Å². The van der Waals surface area contributed by atoms with Crippen molar-refractivity contribution < 1.29 is 28.5 Å². The van der Waals surface area contributed by atoms with Crippen LogP contribution in [0.4, 0.5) is 11.4 Å². The molecule has 4 aliphatic rings. The zero-order valence-corrected chi connectivity index (χ0v) is 24.1. The lowest BCUT2D eigenvalue weighted by Gasteiger charge is -2.29. The van der Waals surface area contributed by atoms with Crippen molar-refractivity contribution in [2.45, 2.75) is 37.8 Å². The molecule has 2 amide bonds. The molecule has 218 valence electrons. The maximum Gasteiger partial charge on any atom is 0.257 e. The molecule has 2 fully saturated rings. The number of amides is 2. The Kier molecular flexibility index (Phi) is 7.00. The van der Waals surface area contributed by atoms with Crippen LogP contribution in [0.2, 0.25) is 0 Å². The van der Waals surface area contributed by atoms with Crippen LogP contribution in [0, 0.1) is 0 Å². The predicted molar refractivity (Wildman–Crippen MR) is 160 cm³/mol. The van der Waals surface area contributed by atoms with E-state index in [0.717, 1.165) is 17.6 Å². The molecular weight excluding hydrogens is 536 g/mol. The summed E-state index contributed by atoms with van der Waals surface area (Å²) in [5.74, 6) is 1.72. The largest absolute Gasteiger partial charge is 0.493 e. The van der Waals surface area contributed by atoms with Gasteiger partial charge in [-0.15, -0.1) is 0 Å². The third-order valence-electron chi connectivity index (χ3n) is 8.10. The number of rotatable bonds is 8. The van der Waals surface area contributed by atoms with Gasteiger partial charge in [-0.3, -0.25) is 19.6 Å². The van der Waals surface area contributed by atoms with E-state index in [0.29, 0.717) is 84.6 Å². The Hall–Kier alpha value is -4.60. The lowest BCUT2D eigenvalue weighted by Crippen LogP contribution is -2.45. The highest BCUT2D eigenvalue weighted by Gasteiger charge is 2.43. The van der Waals surface area contributed by atoms with Crippen molar-refractivity contribution in [3.05, 3.63) is 59.7 Å². The highest BCUT2D eigenvalue weighted by atomic mass is 16.5. The molecule has 2 atom stereocenters. The highest BCUT2D eigenvalue weighted by molar-refractivity contribution is 6.05. The van der Waals surface area contributed by atoms with E-state index in [-0.39, 0.29) is 17.9 Å². The fourth-order valence-electron chi connectivity index (χ4n) is 5.96. The molecule has 42 heavy (non-hydrogen) atoms. The van der Waals surface area contributed by atoms with Gasteiger partial charge in [0.15, 0.2) is 23.0 Å². The summed E-state index contributed by atoms with van der Waals surface area (Å²) in [5.41, 5.74) is 3.57. The summed E-state index contributed by atoms with van der Waals surface area (Å²) in [6.07, 6.45) is 5.58. The molecule has 4 aliphatic heterocycles. The van der Waals surface area contributed by atoms with E-state index in [1.165, 1.54) is 0 Å². The van der Waals surface area contributed by atoms with Crippen molar-refractivity contribution in [3.8, 4) is 23.0 Å². The normalized spacial score (nSPS) is 22.3. The van der Waals surface area contributed by atoms with Crippen LogP contribution in [-0.4, -0.2) is 86.1 Å². The second-order valence-electron chi connectivity index (χ2n) is 11.3. The highest BCUT2D eigenvalue weighted by Crippen LogP contribution is 2.42. The van der Waals surface area contributed by atoms with Gasteiger partial charge >= 0.3 is 0 Å². The molecule has 0 bridgehead atoms. The van der Waals surface area contributed by atoms with Crippen LogP contribution < -0.4 is 18.9 Å². The Bertz CT molecular complexity index is 1560. The van der Waals surface area contributed by atoms with Crippen molar-refractivity contribution in [3.63, 3.8) is 0 Å². The Morgan fingerprint density at radius 2 is 1.48 bits per heavy atom. The third kappa shape index (κ3) is 4.80. The summed E-state index contributed by atoms with van der Waals surface area (Å²) in [5, 5.41) is 0. The SMILES string of the molecule is C=C1C[C@H]2C=Nc3cc(OCCCOc4cc5c(cc4OC)C(=O)N4CC(=C)CC4(C)C=N5)c(OC)cc3C(=O)N2C1. The van der Waals surface area contributed by atoms with Crippen LogP contribution in [0.25, 0.3) is 0 Å². The molecule has 0 spiro atoms. The van der Waals surface area contributed by atoms with E-state index < -0.39 is 5.54 Å². The molecule has 6 rings (SSSR count). The minimum absolute atomic E-state index is 0.0843. The van der Waals surface area contributed by atoms with Gasteiger partial charge in [0, 0.05) is 44.1 Å². The topological polar surface area (TPSA) is 102 Å². The number of hydrogen-bond donors (Lipinski definition) is 0. The van der Waals surface area contributed by atoms with E-state index in [2.05, 4.69) is 23.1 Å². The molecule has 0 aliphatic carbocycles. The molecule has 2 aromatic carbocycles. The maximum absolute atomic E-state index is 13.4. The number of carbonyl (C=O) groups is 2. The molecule has 0 N–H and O–H groups in total. The minimum Gasteiger partial charge on any atom is -0.493 e. The van der Waals surface area contributed by atoms with Gasteiger partial charge in [-0.1, -0.05) is 24.3 Å². The zero-order valence-electron chi connectivity index (χ0n) is 24.1. The van der Waals surface area contributed by atoms with Crippen LogP contribution in [-0.2, 0) is 0 Å². The third-order valence-corrected chi connectivity index (χ3v) is 8.10. The number of methoxy groups -OCH3 is 2. The maximum atomic E-state index is 13.4. The second kappa shape index (κ2) is 10.7. The smallest absolute Gasteiger partial charge is 0.257 e. The summed E-state index contributed by atoms with van der Waals surface area (Å²) < 4.78 is 23.2. The molecule has 0 saturated carbocycles. The van der Waals surface area contributed by atoms with E-state index in [1.54, 1.807) is 54.5 Å². The zero-order chi connectivity index (χ0) is 29.6. The van der Waals surface area contributed by atoms with Crippen molar-refractivity contribution in [2.24, 2.45) is 9.98 Å². The fourth-order valence-corrected chi connectivity index (χ4v) is 5.96.